The van der Waals surface area contributed by atoms with Crippen molar-refractivity contribution < 1.29 is 0 Å². The third-order valence-electron chi connectivity index (χ3n) is 2.08. The summed E-state index contributed by atoms with van der Waals surface area (Å²) in [5.41, 5.74) is 10.2. The number of hydrogen-bond acceptors (Lipinski definition) is 2. The fourth-order valence-corrected chi connectivity index (χ4v) is 1.35. The molecule has 58 valence electrons. The molecule has 1 aliphatic heterocycles. The molecule has 0 spiro atoms. The van der Waals surface area contributed by atoms with Crippen LogP contribution in [0.15, 0.2) is 18.2 Å². The predicted octanol–water partition coefficient (Wildman–Crippen LogP) is 1.68. The van der Waals surface area contributed by atoms with Crippen molar-refractivity contribution >= 4 is 5.69 Å². The fourth-order valence-electron chi connectivity index (χ4n) is 1.35. The average molecular weight is 148 g/mol. The van der Waals surface area contributed by atoms with Crippen LogP contribution in [0.4, 0.5) is 5.69 Å². The van der Waals surface area contributed by atoms with Crippen LogP contribution in [0.5, 0.6) is 0 Å². The van der Waals surface area contributed by atoms with E-state index in [2.05, 4.69) is 36.0 Å². The van der Waals surface area contributed by atoms with Gasteiger partial charge in [0.25, 0.3) is 0 Å². The fraction of sp³-hybridized carbons (Fsp3) is 0.333. The summed E-state index contributed by atoms with van der Waals surface area (Å²) in [5, 5.41) is 0. The minimum Gasteiger partial charge on any atom is -0.321 e. The molecule has 0 aliphatic carbocycles. The van der Waals surface area contributed by atoms with Gasteiger partial charge in [0, 0.05) is 6.54 Å². The maximum atomic E-state index is 3.12. The first kappa shape index (κ1) is 6.68. The zero-order chi connectivity index (χ0) is 7.68. The molecule has 1 aromatic rings. The van der Waals surface area contributed by atoms with Crippen molar-refractivity contribution in [3.8, 4) is 0 Å². The Morgan fingerprint density at radius 3 is 3.18 bits per heavy atom. The van der Waals surface area contributed by atoms with Gasteiger partial charge in [0.05, 0.1) is 5.69 Å². The summed E-state index contributed by atoms with van der Waals surface area (Å²) in [6.07, 6.45) is 1.11. The van der Waals surface area contributed by atoms with Crippen LogP contribution in [-0.2, 0) is 13.0 Å². The lowest BCUT2D eigenvalue weighted by Crippen LogP contribution is -2.10. The maximum Gasteiger partial charge on any atom is 0.0536 e. The molecule has 2 heteroatoms. The van der Waals surface area contributed by atoms with Gasteiger partial charge in [-0.3, -0.25) is 0 Å². The first-order valence-electron chi connectivity index (χ1n) is 4.01. The van der Waals surface area contributed by atoms with Gasteiger partial charge in [-0.25, -0.2) is 5.43 Å². The van der Waals surface area contributed by atoms with E-state index in [9.17, 15) is 0 Å². The van der Waals surface area contributed by atoms with Gasteiger partial charge in [-0.05, 0) is 23.6 Å². The number of rotatable bonds is 1. The highest BCUT2D eigenvalue weighted by Gasteiger charge is 2.07. The average Bonchev–Trinajstić information content (AvgIpc) is 2.50. The van der Waals surface area contributed by atoms with Crippen molar-refractivity contribution in [1.82, 2.24) is 5.43 Å². The highest BCUT2D eigenvalue weighted by molar-refractivity contribution is 5.55. The number of anilines is 1. The van der Waals surface area contributed by atoms with Gasteiger partial charge in [0.15, 0.2) is 0 Å². The van der Waals surface area contributed by atoms with Gasteiger partial charge in [-0.2, -0.15) is 0 Å². The lowest BCUT2D eigenvalue weighted by atomic mass is 10.1. The molecule has 0 atom stereocenters. The van der Waals surface area contributed by atoms with Crippen LogP contribution in [-0.4, -0.2) is 0 Å². The molecule has 0 aromatic heterocycles. The summed E-state index contributed by atoms with van der Waals surface area (Å²) >= 11 is 0. The van der Waals surface area contributed by atoms with Crippen molar-refractivity contribution in [1.29, 1.82) is 0 Å². The summed E-state index contributed by atoms with van der Waals surface area (Å²) in [4.78, 5) is 0. The molecular weight excluding hydrogens is 136 g/mol. The third kappa shape index (κ3) is 1.10. The molecule has 0 radical (unpaired) electrons. The lowest BCUT2D eigenvalue weighted by Gasteiger charge is -2.00. The Morgan fingerprint density at radius 2 is 2.36 bits per heavy atom. The van der Waals surface area contributed by atoms with Crippen LogP contribution in [0.2, 0.25) is 0 Å². The van der Waals surface area contributed by atoms with E-state index in [0.29, 0.717) is 0 Å². The van der Waals surface area contributed by atoms with Gasteiger partial charge in [-0.1, -0.05) is 19.1 Å². The maximum absolute atomic E-state index is 3.12. The van der Waals surface area contributed by atoms with E-state index in [4.69, 9.17) is 0 Å². The molecule has 0 fully saturated rings. The molecule has 0 bridgehead atoms. The molecule has 2 N–H and O–H groups in total. The number of aryl methyl sites for hydroxylation is 1. The van der Waals surface area contributed by atoms with Gasteiger partial charge in [-0.15, -0.1) is 0 Å². The summed E-state index contributed by atoms with van der Waals surface area (Å²) in [7, 11) is 0. The Kier molecular flexibility index (Phi) is 1.55. The molecule has 0 amide bonds. The second-order valence-corrected chi connectivity index (χ2v) is 2.82. The molecule has 0 saturated heterocycles. The molecule has 2 nitrogen and oxygen atoms in total. The molecule has 1 aliphatic rings. The normalized spacial score (nSPS) is 14.3. The predicted molar refractivity (Wildman–Crippen MR) is 46.3 cm³/mol. The summed E-state index contributed by atoms with van der Waals surface area (Å²) in [6, 6.07) is 6.57. The van der Waals surface area contributed by atoms with Gasteiger partial charge >= 0.3 is 0 Å². The van der Waals surface area contributed by atoms with E-state index in [1.807, 2.05) is 0 Å². The highest BCUT2D eigenvalue weighted by atomic mass is 15.4. The van der Waals surface area contributed by atoms with Crippen molar-refractivity contribution in [2.24, 2.45) is 0 Å². The van der Waals surface area contributed by atoms with Crippen LogP contribution >= 0.6 is 0 Å². The first-order valence-corrected chi connectivity index (χ1v) is 4.01. The Balaban J connectivity index is 2.41. The molecule has 0 unspecified atom stereocenters. The van der Waals surface area contributed by atoms with Gasteiger partial charge in [0.2, 0.25) is 0 Å². The van der Waals surface area contributed by atoms with Gasteiger partial charge in [0.1, 0.15) is 0 Å². The molecule has 1 aromatic carbocycles. The lowest BCUT2D eigenvalue weighted by molar-refractivity contribution is 0.860. The summed E-state index contributed by atoms with van der Waals surface area (Å²) < 4.78 is 0. The zero-order valence-corrected chi connectivity index (χ0v) is 6.65. The SMILES string of the molecule is CCc1ccc2c(c1)NNC2. The number of hydrogen-bond donors (Lipinski definition) is 2. The van der Waals surface area contributed by atoms with Crippen LogP contribution in [0.1, 0.15) is 18.1 Å². The summed E-state index contributed by atoms with van der Waals surface area (Å²) in [6.45, 7) is 3.11. The van der Waals surface area contributed by atoms with Crippen LogP contribution < -0.4 is 10.9 Å². The largest absolute Gasteiger partial charge is 0.321 e. The Labute approximate surface area is 66.6 Å². The van der Waals surface area contributed by atoms with Gasteiger partial charge < -0.3 is 5.43 Å². The number of hydrazine groups is 1. The molecule has 1 heterocycles. The summed E-state index contributed by atoms with van der Waals surface area (Å²) in [5.74, 6) is 0. The van der Waals surface area contributed by atoms with Crippen LogP contribution in [0.3, 0.4) is 0 Å². The number of fused-ring (bicyclic) bond motifs is 1. The second-order valence-electron chi connectivity index (χ2n) is 2.82. The van der Waals surface area contributed by atoms with E-state index in [1.54, 1.807) is 0 Å². The van der Waals surface area contributed by atoms with E-state index >= 15 is 0 Å². The van der Waals surface area contributed by atoms with E-state index < -0.39 is 0 Å². The Hall–Kier alpha value is -1.02. The Morgan fingerprint density at radius 1 is 1.45 bits per heavy atom. The second kappa shape index (κ2) is 2.55. The smallest absolute Gasteiger partial charge is 0.0536 e. The molecule has 2 rings (SSSR count). The highest BCUT2D eigenvalue weighted by Crippen LogP contribution is 2.20. The van der Waals surface area contributed by atoms with Crippen LogP contribution in [0.25, 0.3) is 0 Å². The number of benzene rings is 1. The van der Waals surface area contributed by atoms with E-state index in [-0.39, 0.29) is 0 Å². The Bertz CT molecular complexity index is 268. The molecule has 11 heavy (non-hydrogen) atoms. The molecule has 0 saturated carbocycles. The standard InChI is InChI=1S/C9H12N2/c1-2-7-3-4-8-6-10-11-9(8)5-7/h3-5,10-11H,2,6H2,1H3. The zero-order valence-electron chi connectivity index (χ0n) is 6.65. The topological polar surface area (TPSA) is 24.1 Å². The monoisotopic (exact) mass is 148 g/mol. The van der Waals surface area contributed by atoms with E-state index in [1.165, 1.54) is 16.8 Å². The third-order valence-corrected chi connectivity index (χ3v) is 2.08. The van der Waals surface area contributed by atoms with Crippen LogP contribution in [0, 0.1) is 0 Å². The minimum atomic E-state index is 0.944. The van der Waals surface area contributed by atoms with Crippen molar-refractivity contribution in [2.75, 3.05) is 5.43 Å². The number of nitrogens with one attached hydrogen (secondary N) is 2. The minimum absolute atomic E-state index is 0.944. The first-order chi connectivity index (χ1) is 5.40. The quantitative estimate of drug-likeness (QED) is 0.633. The molecular formula is C9H12N2. The van der Waals surface area contributed by atoms with E-state index in [0.717, 1.165) is 13.0 Å². The van der Waals surface area contributed by atoms with Crippen molar-refractivity contribution in [3.05, 3.63) is 29.3 Å². The van der Waals surface area contributed by atoms with Crippen molar-refractivity contribution in [2.45, 2.75) is 19.9 Å². The van der Waals surface area contributed by atoms with Crippen molar-refractivity contribution in [3.63, 3.8) is 0 Å².